The zero-order chi connectivity index (χ0) is 15.5. The number of hydrogen-bond donors (Lipinski definition) is 1. The lowest BCUT2D eigenvalue weighted by Crippen LogP contribution is -2.37. The highest BCUT2D eigenvalue weighted by Crippen LogP contribution is 2.25. The fraction of sp³-hybridized carbons (Fsp3) is 0.600. The molecule has 0 radical (unpaired) electrons. The molecule has 118 valence electrons. The van der Waals surface area contributed by atoms with Gasteiger partial charge in [-0.2, -0.15) is 4.31 Å². The molecule has 1 aromatic rings. The van der Waals surface area contributed by atoms with E-state index in [0.29, 0.717) is 5.02 Å². The van der Waals surface area contributed by atoms with Gasteiger partial charge in [0.2, 0.25) is 10.0 Å². The van der Waals surface area contributed by atoms with Crippen LogP contribution in [0.1, 0.15) is 31.4 Å². The molecule has 0 bridgehead atoms. The molecule has 2 rings (SSSR count). The molecule has 21 heavy (non-hydrogen) atoms. The van der Waals surface area contributed by atoms with Crippen LogP contribution in [0.3, 0.4) is 0 Å². The van der Waals surface area contributed by atoms with Crippen molar-refractivity contribution in [2.24, 2.45) is 5.92 Å². The number of piperidine rings is 1. The van der Waals surface area contributed by atoms with Crippen molar-refractivity contribution in [1.82, 2.24) is 9.62 Å². The Kier molecular flexibility index (Phi) is 5.66. The van der Waals surface area contributed by atoms with Crippen molar-refractivity contribution >= 4 is 21.6 Å². The third kappa shape index (κ3) is 4.42. The molecular weight excluding hydrogens is 308 g/mol. The van der Waals surface area contributed by atoms with Gasteiger partial charge in [0.05, 0.1) is 5.75 Å². The smallest absolute Gasteiger partial charge is 0.214 e. The summed E-state index contributed by atoms with van der Waals surface area (Å²) in [6.07, 6.45) is 1.87. The molecule has 0 aliphatic carbocycles. The largest absolute Gasteiger partial charge is 0.317 e. The van der Waals surface area contributed by atoms with E-state index in [4.69, 9.17) is 11.6 Å². The van der Waals surface area contributed by atoms with Crippen LogP contribution < -0.4 is 5.32 Å². The molecule has 1 fully saturated rings. The molecular formula is C15H23ClN2O2S. The van der Waals surface area contributed by atoms with Gasteiger partial charge in [0, 0.05) is 18.1 Å². The van der Waals surface area contributed by atoms with Crippen LogP contribution in [0, 0.1) is 5.92 Å². The maximum Gasteiger partial charge on any atom is 0.214 e. The van der Waals surface area contributed by atoms with Gasteiger partial charge in [-0.3, -0.25) is 0 Å². The minimum absolute atomic E-state index is 0.186. The van der Waals surface area contributed by atoms with Crippen LogP contribution in [0.2, 0.25) is 5.02 Å². The lowest BCUT2D eigenvalue weighted by molar-refractivity contribution is 0.369. The Morgan fingerprint density at radius 3 is 2.43 bits per heavy atom. The third-order valence-corrected chi connectivity index (χ3v) is 6.58. The zero-order valence-corrected chi connectivity index (χ0v) is 14.1. The molecule has 0 saturated carbocycles. The second-order valence-corrected chi connectivity index (χ2v) is 8.23. The Hall–Kier alpha value is -0.620. The normalized spacial score (nSPS) is 18.9. The highest BCUT2D eigenvalue weighted by Gasteiger charge is 2.28. The average Bonchev–Trinajstić information content (AvgIpc) is 2.47. The lowest BCUT2D eigenvalue weighted by Gasteiger charge is -2.28. The van der Waals surface area contributed by atoms with Crippen LogP contribution >= 0.6 is 11.6 Å². The van der Waals surface area contributed by atoms with E-state index in [-0.39, 0.29) is 17.7 Å². The molecule has 0 aromatic heterocycles. The van der Waals surface area contributed by atoms with Crippen LogP contribution in [0.5, 0.6) is 0 Å². The van der Waals surface area contributed by atoms with Gasteiger partial charge in [0.25, 0.3) is 0 Å². The van der Waals surface area contributed by atoms with Crippen molar-refractivity contribution in [2.75, 3.05) is 25.9 Å². The van der Waals surface area contributed by atoms with Gasteiger partial charge in [0.1, 0.15) is 0 Å². The number of halogens is 1. The van der Waals surface area contributed by atoms with Gasteiger partial charge in [-0.25, -0.2) is 8.42 Å². The minimum Gasteiger partial charge on any atom is -0.317 e. The predicted molar refractivity (Wildman–Crippen MR) is 87.0 cm³/mol. The van der Waals surface area contributed by atoms with Crippen LogP contribution in [-0.4, -0.2) is 38.6 Å². The molecule has 1 atom stereocenters. The predicted octanol–water partition coefficient (Wildman–Crippen LogP) is 2.66. The SMILES string of the molecule is CC(c1ccc(Cl)cc1)N(C)S(=O)(=O)CC1CCNCC1. The Morgan fingerprint density at radius 1 is 1.29 bits per heavy atom. The Balaban J connectivity index is 2.05. The molecule has 1 N–H and O–H groups in total. The highest BCUT2D eigenvalue weighted by molar-refractivity contribution is 7.89. The van der Waals surface area contributed by atoms with Crippen LogP contribution in [0.15, 0.2) is 24.3 Å². The monoisotopic (exact) mass is 330 g/mol. The van der Waals surface area contributed by atoms with Crippen LogP contribution in [-0.2, 0) is 10.0 Å². The highest BCUT2D eigenvalue weighted by atomic mass is 35.5. The fourth-order valence-corrected chi connectivity index (χ4v) is 4.55. The van der Waals surface area contributed by atoms with E-state index >= 15 is 0 Å². The van der Waals surface area contributed by atoms with Crippen molar-refractivity contribution in [3.05, 3.63) is 34.9 Å². The number of nitrogens with zero attached hydrogens (tertiary/aromatic N) is 1. The summed E-state index contributed by atoms with van der Waals surface area (Å²) in [7, 11) is -1.58. The molecule has 0 amide bonds. The summed E-state index contributed by atoms with van der Waals surface area (Å²) < 4.78 is 26.6. The molecule has 1 heterocycles. The number of hydrogen-bond acceptors (Lipinski definition) is 3. The van der Waals surface area contributed by atoms with E-state index in [2.05, 4.69) is 5.32 Å². The lowest BCUT2D eigenvalue weighted by atomic mass is 10.0. The summed E-state index contributed by atoms with van der Waals surface area (Å²) in [6, 6.07) is 7.16. The first-order valence-corrected chi connectivity index (χ1v) is 9.31. The summed E-state index contributed by atoms with van der Waals surface area (Å²) in [5.74, 6) is 0.499. The minimum atomic E-state index is -3.24. The molecule has 1 aliphatic rings. The summed E-state index contributed by atoms with van der Waals surface area (Å²) in [5.41, 5.74) is 0.954. The van der Waals surface area contributed by atoms with Gasteiger partial charge in [-0.05, 0) is 56.5 Å². The van der Waals surface area contributed by atoms with E-state index in [1.807, 2.05) is 19.1 Å². The maximum atomic E-state index is 12.6. The van der Waals surface area contributed by atoms with Crippen LogP contribution in [0.4, 0.5) is 0 Å². The zero-order valence-electron chi connectivity index (χ0n) is 12.5. The van der Waals surface area contributed by atoms with Gasteiger partial charge in [0.15, 0.2) is 0 Å². The number of benzene rings is 1. The van der Waals surface area contributed by atoms with Crippen molar-refractivity contribution in [1.29, 1.82) is 0 Å². The molecule has 4 nitrogen and oxygen atoms in total. The van der Waals surface area contributed by atoms with Crippen molar-refractivity contribution in [3.8, 4) is 0 Å². The van der Waals surface area contributed by atoms with Gasteiger partial charge >= 0.3 is 0 Å². The fourth-order valence-electron chi connectivity index (χ4n) is 2.66. The first-order chi connectivity index (χ1) is 9.90. The van der Waals surface area contributed by atoms with Crippen molar-refractivity contribution < 1.29 is 8.42 Å². The third-order valence-electron chi connectivity index (χ3n) is 4.24. The van der Waals surface area contributed by atoms with E-state index in [1.54, 1.807) is 19.2 Å². The number of nitrogens with one attached hydrogen (secondary N) is 1. The maximum absolute atomic E-state index is 12.6. The molecule has 1 aliphatic heterocycles. The Morgan fingerprint density at radius 2 is 1.86 bits per heavy atom. The Labute approximate surface area is 132 Å². The second-order valence-electron chi connectivity index (χ2n) is 5.72. The summed E-state index contributed by atoms with van der Waals surface area (Å²) >= 11 is 5.88. The molecule has 0 spiro atoms. The van der Waals surface area contributed by atoms with Crippen LogP contribution in [0.25, 0.3) is 0 Å². The summed E-state index contributed by atoms with van der Waals surface area (Å²) in [4.78, 5) is 0. The van der Waals surface area contributed by atoms with E-state index in [1.165, 1.54) is 4.31 Å². The first kappa shape index (κ1) is 16.7. The standard InChI is InChI=1S/C15H23ClN2O2S/c1-12(14-3-5-15(16)6-4-14)18(2)21(19,20)11-13-7-9-17-10-8-13/h3-6,12-13,17H,7-11H2,1-2H3. The van der Waals surface area contributed by atoms with Crippen molar-refractivity contribution in [2.45, 2.75) is 25.8 Å². The number of sulfonamides is 1. The second kappa shape index (κ2) is 7.09. The Bertz CT molecular complexity index is 554. The molecule has 1 aromatic carbocycles. The first-order valence-electron chi connectivity index (χ1n) is 7.32. The summed E-state index contributed by atoms with van der Waals surface area (Å²) in [5, 5.41) is 3.92. The topological polar surface area (TPSA) is 49.4 Å². The summed E-state index contributed by atoms with van der Waals surface area (Å²) in [6.45, 7) is 3.73. The number of rotatable bonds is 5. The van der Waals surface area contributed by atoms with Gasteiger partial charge in [-0.15, -0.1) is 0 Å². The molecule has 6 heteroatoms. The average molecular weight is 331 g/mol. The van der Waals surface area contributed by atoms with Gasteiger partial charge < -0.3 is 5.32 Å². The van der Waals surface area contributed by atoms with Crippen molar-refractivity contribution in [3.63, 3.8) is 0 Å². The molecule has 1 saturated heterocycles. The van der Waals surface area contributed by atoms with E-state index in [0.717, 1.165) is 31.5 Å². The quantitative estimate of drug-likeness (QED) is 0.903. The van der Waals surface area contributed by atoms with Gasteiger partial charge in [-0.1, -0.05) is 23.7 Å². The van der Waals surface area contributed by atoms with E-state index < -0.39 is 10.0 Å². The molecule has 1 unspecified atom stereocenters. The van der Waals surface area contributed by atoms with E-state index in [9.17, 15) is 8.42 Å².